The van der Waals surface area contributed by atoms with Crippen LogP contribution < -0.4 is 5.32 Å². The summed E-state index contributed by atoms with van der Waals surface area (Å²) in [7, 11) is -4.55. The van der Waals surface area contributed by atoms with Gasteiger partial charge in [-0.05, 0) is 35.9 Å². The minimum Gasteiger partial charge on any atom is -0.381 e. The summed E-state index contributed by atoms with van der Waals surface area (Å²) in [5, 5.41) is 3.66. The minimum absolute atomic E-state index is 0.402. The van der Waals surface area contributed by atoms with E-state index in [1.807, 2.05) is 18.2 Å². The van der Waals surface area contributed by atoms with Crippen molar-refractivity contribution in [2.24, 2.45) is 0 Å². The number of benzene rings is 2. The second kappa shape index (κ2) is 6.41. The first-order valence-corrected chi connectivity index (χ1v) is 7.93. The molecular formula is C14H12ClF2NO2S. The third-order valence-electron chi connectivity index (χ3n) is 2.86. The van der Waals surface area contributed by atoms with Crippen molar-refractivity contribution in [3.05, 3.63) is 59.1 Å². The summed E-state index contributed by atoms with van der Waals surface area (Å²) in [6, 6.07) is 12.4. The molecule has 0 aliphatic rings. The fourth-order valence-corrected chi connectivity index (χ4v) is 2.63. The largest absolute Gasteiger partial charge is 0.381 e. The van der Waals surface area contributed by atoms with Gasteiger partial charge in [0.2, 0.25) is 9.84 Å². The molecule has 7 heteroatoms. The summed E-state index contributed by atoms with van der Waals surface area (Å²) in [5.41, 5.74) is 1.49. The fraction of sp³-hybridized carbons (Fsp3) is 0.143. The first-order chi connectivity index (χ1) is 9.91. The lowest BCUT2D eigenvalue weighted by Gasteiger charge is -2.09. The van der Waals surface area contributed by atoms with E-state index >= 15 is 0 Å². The first-order valence-electron chi connectivity index (χ1n) is 6.00. The maximum atomic E-state index is 12.4. The van der Waals surface area contributed by atoms with Crippen LogP contribution in [0.15, 0.2) is 53.4 Å². The fourth-order valence-electron chi connectivity index (χ4n) is 1.70. The minimum atomic E-state index is -4.55. The zero-order chi connectivity index (χ0) is 15.5. The summed E-state index contributed by atoms with van der Waals surface area (Å²) in [4.78, 5) is -0.402. The van der Waals surface area contributed by atoms with Gasteiger partial charge in [0, 0.05) is 17.3 Å². The van der Waals surface area contributed by atoms with Crippen LogP contribution in [0.1, 0.15) is 5.56 Å². The lowest BCUT2D eigenvalue weighted by atomic mass is 10.2. The van der Waals surface area contributed by atoms with E-state index in [2.05, 4.69) is 5.32 Å². The van der Waals surface area contributed by atoms with Gasteiger partial charge in [-0.2, -0.15) is 8.78 Å². The Bertz CT molecular complexity index is 718. The van der Waals surface area contributed by atoms with Crippen LogP contribution in [0, 0.1) is 0 Å². The van der Waals surface area contributed by atoms with E-state index in [1.54, 1.807) is 6.07 Å². The number of hydrogen-bond acceptors (Lipinski definition) is 3. The Labute approximate surface area is 126 Å². The third-order valence-corrected chi connectivity index (χ3v) is 4.63. The second-order valence-electron chi connectivity index (χ2n) is 4.28. The van der Waals surface area contributed by atoms with Gasteiger partial charge in [0.1, 0.15) is 0 Å². The van der Waals surface area contributed by atoms with Crippen LogP contribution in [0.4, 0.5) is 14.5 Å². The van der Waals surface area contributed by atoms with Crippen molar-refractivity contribution < 1.29 is 17.2 Å². The number of alkyl halides is 2. The molecule has 0 unspecified atom stereocenters. The number of hydrogen-bond donors (Lipinski definition) is 1. The van der Waals surface area contributed by atoms with Gasteiger partial charge in [-0.15, -0.1) is 0 Å². The van der Waals surface area contributed by atoms with E-state index in [1.165, 1.54) is 12.1 Å². The SMILES string of the molecule is O=S(=O)(c1ccc(NCc2ccccc2Cl)cc1)C(F)F. The molecule has 0 aromatic heterocycles. The maximum absolute atomic E-state index is 12.4. The van der Waals surface area contributed by atoms with E-state index in [0.29, 0.717) is 17.3 Å². The normalized spacial score (nSPS) is 11.6. The molecule has 0 saturated heterocycles. The van der Waals surface area contributed by atoms with E-state index in [9.17, 15) is 17.2 Å². The van der Waals surface area contributed by atoms with Gasteiger partial charge in [0.25, 0.3) is 0 Å². The predicted octanol–water partition coefficient (Wildman–Crippen LogP) is 3.95. The molecule has 1 N–H and O–H groups in total. The van der Waals surface area contributed by atoms with Crippen LogP contribution in [-0.2, 0) is 16.4 Å². The first kappa shape index (κ1) is 15.7. The quantitative estimate of drug-likeness (QED) is 0.902. The molecule has 3 nitrogen and oxygen atoms in total. The summed E-state index contributed by atoms with van der Waals surface area (Å²) in [5.74, 6) is -3.42. The molecule has 0 amide bonds. The van der Waals surface area contributed by atoms with Crippen molar-refractivity contribution in [1.29, 1.82) is 0 Å². The van der Waals surface area contributed by atoms with Crippen LogP contribution in [0.3, 0.4) is 0 Å². The number of sulfone groups is 1. The van der Waals surface area contributed by atoms with Crippen LogP contribution in [0.5, 0.6) is 0 Å². The van der Waals surface area contributed by atoms with Gasteiger partial charge in [-0.1, -0.05) is 29.8 Å². The average molecular weight is 332 g/mol. The van der Waals surface area contributed by atoms with Crippen molar-refractivity contribution in [2.45, 2.75) is 17.2 Å². The molecule has 112 valence electrons. The highest BCUT2D eigenvalue weighted by molar-refractivity contribution is 7.91. The van der Waals surface area contributed by atoms with Crippen LogP contribution >= 0.6 is 11.6 Å². The molecule has 0 atom stereocenters. The number of rotatable bonds is 5. The zero-order valence-corrected chi connectivity index (χ0v) is 12.3. The highest BCUT2D eigenvalue weighted by atomic mass is 35.5. The Morgan fingerprint density at radius 2 is 1.67 bits per heavy atom. The van der Waals surface area contributed by atoms with E-state index in [4.69, 9.17) is 11.6 Å². The molecule has 0 aliphatic heterocycles. The average Bonchev–Trinajstić information content (AvgIpc) is 2.46. The van der Waals surface area contributed by atoms with Crippen molar-refractivity contribution >= 4 is 27.1 Å². The number of halogens is 3. The number of anilines is 1. The summed E-state index contributed by atoms with van der Waals surface area (Å²) < 4.78 is 47.3. The van der Waals surface area contributed by atoms with E-state index < -0.39 is 20.5 Å². The van der Waals surface area contributed by atoms with Crippen molar-refractivity contribution in [3.63, 3.8) is 0 Å². The Morgan fingerprint density at radius 1 is 1.05 bits per heavy atom. The van der Waals surface area contributed by atoms with Crippen molar-refractivity contribution in [1.82, 2.24) is 0 Å². The number of nitrogens with one attached hydrogen (secondary N) is 1. The third kappa shape index (κ3) is 3.71. The standard InChI is InChI=1S/C14H12ClF2NO2S/c15-13-4-2-1-3-10(13)9-18-11-5-7-12(8-6-11)21(19,20)14(16)17/h1-8,14,18H,9H2. The predicted molar refractivity (Wildman–Crippen MR) is 78.4 cm³/mol. The van der Waals surface area contributed by atoms with Crippen molar-refractivity contribution in [2.75, 3.05) is 5.32 Å². The highest BCUT2D eigenvalue weighted by Crippen LogP contribution is 2.21. The van der Waals surface area contributed by atoms with Gasteiger partial charge >= 0.3 is 5.76 Å². The Balaban J connectivity index is 2.09. The summed E-state index contributed by atoms with van der Waals surface area (Å²) >= 11 is 6.01. The molecule has 0 bridgehead atoms. The van der Waals surface area contributed by atoms with Gasteiger partial charge in [-0.25, -0.2) is 8.42 Å². The lowest BCUT2D eigenvalue weighted by Crippen LogP contribution is -2.11. The molecule has 0 spiro atoms. The lowest BCUT2D eigenvalue weighted by molar-refractivity contribution is 0.234. The molecule has 0 heterocycles. The van der Waals surface area contributed by atoms with Crippen LogP contribution in [-0.4, -0.2) is 14.2 Å². The van der Waals surface area contributed by atoms with Gasteiger partial charge in [0.05, 0.1) is 4.90 Å². The molecule has 2 aromatic rings. The molecule has 21 heavy (non-hydrogen) atoms. The van der Waals surface area contributed by atoms with Crippen molar-refractivity contribution in [3.8, 4) is 0 Å². The molecule has 0 aliphatic carbocycles. The van der Waals surface area contributed by atoms with E-state index in [-0.39, 0.29) is 0 Å². The molecule has 0 radical (unpaired) electrons. The van der Waals surface area contributed by atoms with Crippen LogP contribution in [0.2, 0.25) is 5.02 Å². The van der Waals surface area contributed by atoms with E-state index in [0.717, 1.165) is 17.7 Å². The molecule has 2 aromatic carbocycles. The van der Waals surface area contributed by atoms with Crippen LogP contribution in [0.25, 0.3) is 0 Å². The Kier molecular flexibility index (Phi) is 4.80. The molecule has 0 saturated carbocycles. The summed E-state index contributed by atoms with van der Waals surface area (Å²) in [6.45, 7) is 0.445. The molecular weight excluding hydrogens is 320 g/mol. The zero-order valence-electron chi connectivity index (χ0n) is 10.8. The smallest absolute Gasteiger partial charge is 0.341 e. The second-order valence-corrected chi connectivity index (χ2v) is 6.60. The highest BCUT2D eigenvalue weighted by Gasteiger charge is 2.26. The summed E-state index contributed by atoms with van der Waals surface area (Å²) in [6.07, 6.45) is 0. The van der Waals surface area contributed by atoms with Gasteiger partial charge in [-0.3, -0.25) is 0 Å². The Morgan fingerprint density at radius 3 is 2.24 bits per heavy atom. The molecule has 2 rings (SSSR count). The van der Waals surface area contributed by atoms with Gasteiger partial charge in [0.15, 0.2) is 0 Å². The van der Waals surface area contributed by atoms with Gasteiger partial charge < -0.3 is 5.32 Å². The topological polar surface area (TPSA) is 46.2 Å². The Hall–Kier alpha value is -1.66. The molecule has 0 fully saturated rings. The maximum Gasteiger partial charge on any atom is 0.341 e. The monoisotopic (exact) mass is 331 g/mol.